The minimum absolute atomic E-state index is 0.00769. The molecule has 4 rings (SSSR count). The number of fused-ring (bicyclic) bond motifs is 1. The molecule has 1 unspecified atom stereocenters. The molecule has 1 amide bonds. The van der Waals surface area contributed by atoms with E-state index in [0.717, 1.165) is 34.0 Å². The molecule has 0 saturated carbocycles. The van der Waals surface area contributed by atoms with E-state index in [1.165, 1.54) is 0 Å². The molecule has 39 heavy (non-hydrogen) atoms. The van der Waals surface area contributed by atoms with Crippen LogP contribution in [-0.2, 0) is 29.1 Å². The molecule has 0 aliphatic heterocycles. The van der Waals surface area contributed by atoms with Crippen molar-refractivity contribution in [1.82, 2.24) is 20.2 Å². The Morgan fingerprint density at radius 2 is 1.79 bits per heavy atom. The molecule has 1 aromatic heterocycles. The number of ketones is 1. The Balaban J connectivity index is 1.46. The Morgan fingerprint density at radius 3 is 2.51 bits per heavy atom. The van der Waals surface area contributed by atoms with Crippen LogP contribution >= 0.6 is 0 Å². The number of carbonyl (C=O) groups excluding carboxylic acids is 2. The topological polar surface area (TPSA) is 99.8 Å². The molecule has 1 heterocycles. The Labute approximate surface area is 229 Å². The van der Waals surface area contributed by atoms with Crippen LogP contribution in [0, 0.1) is 17.2 Å². The number of nitrogens with zero attached hydrogens (tertiary/aromatic N) is 3. The van der Waals surface area contributed by atoms with E-state index >= 15 is 0 Å². The number of hydrogen-bond acceptors (Lipinski definition) is 5. The van der Waals surface area contributed by atoms with Crippen LogP contribution in [0.2, 0.25) is 0 Å². The Hall–Kier alpha value is -4.28. The van der Waals surface area contributed by atoms with E-state index in [1.54, 1.807) is 31.6 Å². The highest BCUT2D eigenvalue weighted by atomic mass is 16.2. The first-order valence-electron chi connectivity index (χ1n) is 13.4. The van der Waals surface area contributed by atoms with Gasteiger partial charge in [-0.3, -0.25) is 9.59 Å². The second kappa shape index (κ2) is 13.0. The van der Waals surface area contributed by atoms with Gasteiger partial charge in [-0.1, -0.05) is 74.9 Å². The normalized spacial score (nSPS) is 13.4. The Morgan fingerprint density at radius 1 is 1.05 bits per heavy atom. The van der Waals surface area contributed by atoms with Crippen LogP contribution in [0.5, 0.6) is 0 Å². The summed E-state index contributed by atoms with van der Waals surface area (Å²) in [6.45, 7) is 6.78. The lowest BCUT2D eigenvalue weighted by Gasteiger charge is -2.32. The number of rotatable bonds is 12. The summed E-state index contributed by atoms with van der Waals surface area (Å²) in [6, 6.07) is 23.0. The number of aromatic nitrogens is 2. The lowest BCUT2D eigenvalue weighted by Crippen LogP contribution is -2.56. The van der Waals surface area contributed by atoms with Gasteiger partial charge in [0.15, 0.2) is 0 Å². The van der Waals surface area contributed by atoms with Crippen LogP contribution in [0.3, 0.4) is 0 Å². The van der Waals surface area contributed by atoms with Crippen LogP contribution in [-0.4, -0.2) is 33.3 Å². The molecule has 0 bridgehead atoms. The molecule has 0 spiro atoms. The fourth-order valence-corrected chi connectivity index (χ4v) is 4.92. The average Bonchev–Trinajstić information content (AvgIpc) is 3.38. The van der Waals surface area contributed by atoms with Gasteiger partial charge in [-0.25, -0.2) is 4.98 Å². The number of nitrogens with one attached hydrogen (secondary N) is 2. The number of nitriles is 1. The van der Waals surface area contributed by atoms with Crippen molar-refractivity contribution in [1.29, 1.82) is 5.26 Å². The summed E-state index contributed by atoms with van der Waals surface area (Å²) >= 11 is 0. The summed E-state index contributed by atoms with van der Waals surface area (Å²) in [5.41, 5.74) is 3.51. The third-order valence-electron chi connectivity index (χ3n) is 7.35. The second-order valence-corrected chi connectivity index (χ2v) is 10.1. The molecule has 0 aliphatic rings. The zero-order valence-electron chi connectivity index (χ0n) is 22.7. The van der Waals surface area contributed by atoms with E-state index in [9.17, 15) is 9.59 Å². The van der Waals surface area contributed by atoms with E-state index in [4.69, 9.17) is 5.26 Å². The van der Waals surface area contributed by atoms with Crippen LogP contribution in [0.15, 0.2) is 79.3 Å². The van der Waals surface area contributed by atoms with Gasteiger partial charge in [-0.15, -0.1) is 0 Å². The van der Waals surface area contributed by atoms with Gasteiger partial charge in [-0.2, -0.15) is 5.26 Å². The monoisotopic (exact) mass is 521 g/mol. The van der Waals surface area contributed by atoms with E-state index in [1.807, 2.05) is 34.9 Å². The first-order chi connectivity index (χ1) is 18.9. The van der Waals surface area contributed by atoms with Crippen molar-refractivity contribution in [3.8, 4) is 6.07 Å². The fraction of sp³-hybridized carbons (Fsp3) is 0.312. The van der Waals surface area contributed by atoms with Crippen LogP contribution in [0.4, 0.5) is 0 Å². The zero-order valence-corrected chi connectivity index (χ0v) is 22.7. The van der Waals surface area contributed by atoms with E-state index in [2.05, 4.69) is 59.8 Å². The van der Waals surface area contributed by atoms with Crippen molar-refractivity contribution in [2.75, 3.05) is 0 Å². The van der Waals surface area contributed by atoms with Crippen molar-refractivity contribution in [2.24, 2.45) is 5.92 Å². The highest BCUT2D eigenvalue weighted by molar-refractivity contribution is 5.86. The van der Waals surface area contributed by atoms with Gasteiger partial charge < -0.3 is 15.2 Å². The van der Waals surface area contributed by atoms with E-state index in [-0.39, 0.29) is 30.1 Å². The lowest BCUT2D eigenvalue weighted by molar-refractivity contribution is -0.123. The van der Waals surface area contributed by atoms with E-state index < -0.39 is 6.04 Å². The number of amides is 1. The zero-order chi connectivity index (χ0) is 27.8. The molecule has 3 atom stereocenters. The molecule has 0 fully saturated rings. The predicted octanol–water partition coefficient (Wildman–Crippen LogP) is 4.78. The quantitative estimate of drug-likeness (QED) is 0.280. The van der Waals surface area contributed by atoms with Gasteiger partial charge in [0.1, 0.15) is 5.78 Å². The summed E-state index contributed by atoms with van der Waals surface area (Å²) in [4.78, 5) is 30.4. The van der Waals surface area contributed by atoms with Gasteiger partial charge in [0, 0.05) is 25.0 Å². The SMILES string of the molecule is CC[C@H](C)[C@H](NC(=O)Cc1cncn1Cc1ccc(C#N)cc1)C(NCc1cccc2ccccc12)C(C)=O. The average molecular weight is 522 g/mol. The van der Waals surface area contributed by atoms with Crippen molar-refractivity contribution in [2.45, 2.75) is 58.8 Å². The number of hydrogen-bond donors (Lipinski definition) is 2. The Kier molecular flexibility index (Phi) is 9.24. The molecular formula is C32H35N5O2. The molecule has 7 heteroatoms. The molecule has 3 aromatic carbocycles. The molecule has 2 N–H and O–H groups in total. The van der Waals surface area contributed by atoms with Gasteiger partial charge in [0.05, 0.1) is 36.5 Å². The summed E-state index contributed by atoms with van der Waals surface area (Å²) in [6.07, 6.45) is 4.37. The maximum absolute atomic E-state index is 13.3. The summed E-state index contributed by atoms with van der Waals surface area (Å²) in [7, 11) is 0. The molecule has 0 aliphatic carbocycles. The number of Topliss-reactive ketones (excluding diaryl/α,β-unsaturated/α-hetero) is 1. The summed E-state index contributed by atoms with van der Waals surface area (Å²) in [5, 5.41) is 18.0. The number of benzene rings is 3. The first kappa shape index (κ1) is 27.7. The van der Waals surface area contributed by atoms with Crippen molar-refractivity contribution in [3.05, 3.63) is 102 Å². The van der Waals surface area contributed by atoms with Crippen molar-refractivity contribution in [3.63, 3.8) is 0 Å². The molecule has 4 aromatic rings. The van der Waals surface area contributed by atoms with Gasteiger partial charge in [0.2, 0.25) is 5.91 Å². The minimum Gasteiger partial charge on any atom is -0.351 e. The van der Waals surface area contributed by atoms with Crippen LogP contribution in [0.25, 0.3) is 10.8 Å². The van der Waals surface area contributed by atoms with E-state index in [0.29, 0.717) is 18.7 Å². The maximum atomic E-state index is 13.3. The van der Waals surface area contributed by atoms with Crippen molar-refractivity contribution >= 4 is 22.5 Å². The molecule has 7 nitrogen and oxygen atoms in total. The summed E-state index contributed by atoms with van der Waals surface area (Å²) in [5.74, 6) is -0.0711. The minimum atomic E-state index is -0.522. The third-order valence-corrected chi connectivity index (χ3v) is 7.35. The van der Waals surface area contributed by atoms with Crippen LogP contribution < -0.4 is 10.6 Å². The standard InChI is InChI=1S/C32H35N5O2/c1-4-22(2)31(32(23(3)38)35-18-27-10-7-9-26-8-5-6-11-29(26)27)36-30(39)16-28-19-34-21-37(28)20-25-14-12-24(17-33)13-15-25/h5-15,19,21-22,31-32,35H,4,16,18,20H2,1-3H3,(H,36,39)/t22-,31-,32?/m0/s1. The summed E-state index contributed by atoms with van der Waals surface area (Å²) < 4.78 is 1.93. The van der Waals surface area contributed by atoms with Crippen LogP contribution in [0.1, 0.15) is 49.6 Å². The number of carbonyl (C=O) groups is 2. The first-order valence-corrected chi connectivity index (χ1v) is 13.4. The predicted molar refractivity (Wildman–Crippen MR) is 153 cm³/mol. The fourth-order valence-electron chi connectivity index (χ4n) is 4.92. The number of imidazole rings is 1. The van der Waals surface area contributed by atoms with Crippen molar-refractivity contribution < 1.29 is 9.59 Å². The highest BCUT2D eigenvalue weighted by Gasteiger charge is 2.31. The third kappa shape index (κ3) is 6.98. The Bertz CT molecular complexity index is 1460. The molecule has 0 radical (unpaired) electrons. The van der Waals surface area contributed by atoms with Gasteiger partial charge in [-0.05, 0) is 46.9 Å². The van der Waals surface area contributed by atoms with Gasteiger partial charge >= 0.3 is 0 Å². The smallest absolute Gasteiger partial charge is 0.226 e. The second-order valence-electron chi connectivity index (χ2n) is 10.1. The van der Waals surface area contributed by atoms with Gasteiger partial charge in [0.25, 0.3) is 0 Å². The molecule has 0 saturated heterocycles. The lowest BCUT2D eigenvalue weighted by atomic mass is 9.90. The molecular weight excluding hydrogens is 486 g/mol. The molecule has 200 valence electrons. The largest absolute Gasteiger partial charge is 0.351 e. The highest BCUT2D eigenvalue weighted by Crippen LogP contribution is 2.20. The maximum Gasteiger partial charge on any atom is 0.226 e.